The van der Waals surface area contributed by atoms with Crippen molar-refractivity contribution in [3.8, 4) is 11.5 Å². The molecule has 1 aliphatic heterocycles. The van der Waals surface area contributed by atoms with Crippen LogP contribution in [-0.4, -0.2) is 40.5 Å². The summed E-state index contributed by atoms with van der Waals surface area (Å²) < 4.78 is 10.4. The Kier molecular flexibility index (Phi) is 5.32. The van der Waals surface area contributed by atoms with Gasteiger partial charge < -0.3 is 24.8 Å². The molecule has 1 atom stereocenters. The van der Waals surface area contributed by atoms with Gasteiger partial charge in [0, 0.05) is 11.1 Å². The molecule has 0 saturated heterocycles. The standard InChI is InChI=1S/C19H24O7/c1-9(16(21)19(3,4)18(23)24)6-7-11-14(20)13-12(8-26-17(13)22)10(2)15(11)25-5/h6,16,20-21H,7-8H2,1-5H3,(H,23,24). The number of carboxylic acid groups (broad SMARTS) is 1. The number of allylic oxidation sites excluding steroid dienone is 1. The van der Waals surface area contributed by atoms with Crippen LogP contribution in [0.15, 0.2) is 11.6 Å². The zero-order chi connectivity index (χ0) is 19.8. The quantitative estimate of drug-likeness (QED) is 0.524. The summed E-state index contributed by atoms with van der Waals surface area (Å²) in [6.45, 7) is 6.36. The second-order valence-electron chi connectivity index (χ2n) is 7.00. The van der Waals surface area contributed by atoms with Gasteiger partial charge in [0.25, 0.3) is 0 Å². The van der Waals surface area contributed by atoms with Gasteiger partial charge in [0.05, 0.1) is 18.6 Å². The molecule has 0 aliphatic carbocycles. The maximum Gasteiger partial charge on any atom is 0.342 e. The third kappa shape index (κ3) is 3.14. The Morgan fingerprint density at radius 2 is 2.04 bits per heavy atom. The Bertz CT molecular complexity index is 790. The summed E-state index contributed by atoms with van der Waals surface area (Å²) in [6, 6.07) is 0. The number of methoxy groups -OCH3 is 1. The van der Waals surface area contributed by atoms with E-state index in [9.17, 15) is 24.9 Å². The van der Waals surface area contributed by atoms with Crippen LogP contribution in [0.25, 0.3) is 0 Å². The molecular weight excluding hydrogens is 340 g/mol. The Hall–Kier alpha value is -2.54. The van der Waals surface area contributed by atoms with Crippen LogP contribution in [0.5, 0.6) is 11.5 Å². The zero-order valence-electron chi connectivity index (χ0n) is 15.5. The van der Waals surface area contributed by atoms with E-state index in [0.29, 0.717) is 28.0 Å². The van der Waals surface area contributed by atoms with Crippen LogP contribution < -0.4 is 4.74 Å². The molecule has 0 amide bonds. The molecule has 3 N–H and O–H groups in total. The molecule has 26 heavy (non-hydrogen) atoms. The van der Waals surface area contributed by atoms with Crippen molar-refractivity contribution < 1.29 is 34.4 Å². The van der Waals surface area contributed by atoms with Crippen LogP contribution in [0, 0.1) is 12.3 Å². The van der Waals surface area contributed by atoms with Crippen LogP contribution in [-0.2, 0) is 22.6 Å². The first-order chi connectivity index (χ1) is 12.0. The molecule has 2 rings (SSSR count). The van der Waals surface area contributed by atoms with Gasteiger partial charge >= 0.3 is 11.9 Å². The number of hydrogen-bond donors (Lipinski definition) is 3. The normalized spacial score (nSPS) is 15.5. The number of benzene rings is 1. The molecule has 0 fully saturated rings. The molecule has 0 bridgehead atoms. The number of hydrogen-bond acceptors (Lipinski definition) is 6. The summed E-state index contributed by atoms with van der Waals surface area (Å²) in [4.78, 5) is 23.2. The molecule has 0 spiro atoms. The molecule has 1 aromatic rings. The van der Waals surface area contributed by atoms with Crippen LogP contribution in [0.3, 0.4) is 0 Å². The lowest BCUT2D eigenvalue weighted by Crippen LogP contribution is -2.37. The molecular formula is C19H24O7. The number of carbonyl (C=O) groups is 2. The summed E-state index contributed by atoms with van der Waals surface area (Å²) in [5, 5.41) is 30.1. The number of aliphatic hydroxyl groups excluding tert-OH is 1. The number of cyclic esters (lactones) is 1. The van der Waals surface area contributed by atoms with Gasteiger partial charge in [0.1, 0.15) is 23.7 Å². The second-order valence-corrected chi connectivity index (χ2v) is 7.00. The topological polar surface area (TPSA) is 113 Å². The minimum atomic E-state index is -1.36. The van der Waals surface area contributed by atoms with E-state index in [2.05, 4.69) is 0 Å². The fourth-order valence-electron chi connectivity index (χ4n) is 3.09. The summed E-state index contributed by atoms with van der Waals surface area (Å²) in [5.74, 6) is -1.47. The van der Waals surface area contributed by atoms with Crippen LogP contribution in [0.2, 0.25) is 0 Å². The highest BCUT2D eigenvalue weighted by molar-refractivity contribution is 5.98. The lowest BCUT2D eigenvalue weighted by atomic mass is 9.82. The highest BCUT2D eigenvalue weighted by Crippen LogP contribution is 2.42. The fourth-order valence-corrected chi connectivity index (χ4v) is 3.09. The maximum atomic E-state index is 11.9. The molecule has 1 aromatic carbocycles. The van der Waals surface area contributed by atoms with E-state index in [1.807, 2.05) is 0 Å². The maximum absolute atomic E-state index is 11.9. The predicted molar refractivity (Wildman–Crippen MR) is 93.4 cm³/mol. The highest BCUT2D eigenvalue weighted by atomic mass is 16.5. The summed E-state index contributed by atoms with van der Waals surface area (Å²) in [6.07, 6.45) is 0.585. The minimum Gasteiger partial charge on any atom is -0.507 e. The molecule has 7 nitrogen and oxygen atoms in total. The molecule has 1 heterocycles. The molecule has 1 aliphatic rings. The van der Waals surface area contributed by atoms with Crippen LogP contribution in [0.1, 0.15) is 47.8 Å². The molecule has 1 unspecified atom stereocenters. The first-order valence-corrected chi connectivity index (χ1v) is 8.20. The number of aliphatic hydroxyl groups is 1. The van der Waals surface area contributed by atoms with Gasteiger partial charge in [0.15, 0.2) is 0 Å². The van der Waals surface area contributed by atoms with Crippen molar-refractivity contribution >= 4 is 11.9 Å². The molecule has 0 aromatic heterocycles. The first kappa shape index (κ1) is 19.8. The van der Waals surface area contributed by atoms with Crippen molar-refractivity contribution in [1.29, 1.82) is 0 Å². The number of ether oxygens (including phenoxy) is 2. The molecule has 142 valence electrons. The Morgan fingerprint density at radius 1 is 1.42 bits per heavy atom. The smallest absolute Gasteiger partial charge is 0.342 e. The van der Waals surface area contributed by atoms with E-state index in [0.717, 1.165) is 0 Å². The Labute approximate surface area is 151 Å². The number of fused-ring (bicyclic) bond motifs is 1. The van der Waals surface area contributed by atoms with Gasteiger partial charge in [-0.1, -0.05) is 6.08 Å². The van der Waals surface area contributed by atoms with E-state index in [4.69, 9.17) is 9.47 Å². The lowest BCUT2D eigenvalue weighted by Gasteiger charge is -2.26. The SMILES string of the molecule is COc1c(C)c2c(c(O)c1CC=C(C)C(O)C(C)(C)C(=O)O)C(=O)OC2. The van der Waals surface area contributed by atoms with Gasteiger partial charge in [-0.05, 0) is 45.3 Å². The van der Waals surface area contributed by atoms with Crippen molar-refractivity contribution in [2.24, 2.45) is 5.41 Å². The lowest BCUT2D eigenvalue weighted by molar-refractivity contribution is -0.151. The predicted octanol–water partition coefficient (Wildman–Crippen LogP) is 2.34. The monoisotopic (exact) mass is 364 g/mol. The largest absolute Gasteiger partial charge is 0.507 e. The number of aliphatic carboxylic acids is 1. The number of phenolic OH excluding ortho intramolecular Hbond substituents is 1. The number of esters is 1. The summed E-state index contributed by atoms with van der Waals surface area (Å²) >= 11 is 0. The van der Waals surface area contributed by atoms with Gasteiger partial charge in [-0.25, -0.2) is 4.79 Å². The number of carboxylic acids is 1. The highest BCUT2D eigenvalue weighted by Gasteiger charge is 2.37. The van der Waals surface area contributed by atoms with E-state index in [-0.39, 0.29) is 24.3 Å². The average Bonchev–Trinajstić information content (AvgIpc) is 2.97. The van der Waals surface area contributed by atoms with Gasteiger partial charge in [0.2, 0.25) is 0 Å². The summed E-state index contributed by atoms with van der Waals surface area (Å²) in [5.41, 5.74) is 0.918. The van der Waals surface area contributed by atoms with Gasteiger partial charge in [-0.3, -0.25) is 4.79 Å². The van der Waals surface area contributed by atoms with E-state index < -0.39 is 23.5 Å². The van der Waals surface area contributed by atoms with Crippen molar-refractivity contribution in [1.82, 2.24) is 0 Å². The van der Waals surface area contributed by atoms with Gasteiger partial charge in [-0.15, -0.1) is 0 Å². The number of aromatic hydroxyl groups is 1. The van der Waals surface area contributed by atoms with E-state index in [1.54, 1.807) is 19.9 Å². The van der Waals surface area contributed by atoms with E-state index in [1.165, 1.54) is 21.0 Å². The van der Waals surface area contributed by atoms with Gasteiger partial charge in [-0.2, -0.15) is 0 Å². The number of rotatable bonds is 6. The zero-order valence-corrected chi connectivity index (χ0v) is 15.5. The van der Waals surface area contributed by atoms with Crippen molar-refractivity contribution in [2.45, 2.75) is 46.8 Å². The first-order valence-electron chi connectivity index (χ1n) is 8.20. The second kappa shape index (κ2) is 6.99. The van der Waals surface area contributed by atoms with Crippen LogP contribution in [0.4, 0.5) is 0 Å². The third-order valence-corrected chi connectivity index (χ3v) is 4.94. The Balaban J connectivity index is 2.44. The fraction of sp³-hybridized carbons (Fsp3) is 0.474. The van der Waals surface area contributed by atoms with Crippen molar-refractivity contribution in [2.75, 3.05) is 7.11 Å². The van der Waals surface area contributed by atoms with E-state index >= 15 is 0 Å². The van der Waals surface area contributed by atoms with Crippen molar-refractivity contribution in [3.05, 3.63) is 33.9 Å². The molecule has 0 radical (unpaired) electrons. The summed E-state index contributed by atoms with van der Waals surface area (Å²) in [7, 11) is 1.47. The number of carbonyl (C=O) groups excluding carboxylic acids is 1. The molecule has 0 saturated carbocycles. The van der Waals surface area contributed by atoms with Crippen LogP contribution >= 0.6 is 0 Å². The minimum absolute atomic E-state index is 0.0879. The third-order valence-electron chi connectivity index (χ3n) is 4.94. The number of phenols is 1. The average molecular weight is 364 g/mol. The Morgan fingerprint density at radius 3 is 2.58 bits per heavy atom. The van der Waals surface area contributed by atoms with Crippen molar-refractivity contribution in [3.63, 3.8) is 0 Å². The molecule has 7 heteroatoms.